The molecule has 4 aromatic rings. The lowest BCUT2D eigenvalue weighted by atomic mass is 9.98. The second kappa shape index (κ2) is 15.8. The molecule has 0 aliphatic carbocycles. The van der Waals surface area contributed by atoms with Crippen molar-refractivity contribution in [1.29, 1.82) is 0 Å². The van der Waals surface area contributed by atoms with E-state index in [2.05, 4.69) is 0 Å². The van der Waals surface area contributed by atoms with Crippen molar-refractivity contribution >= 4 is 17.8 Å². The van der Waals surface area contributed by atoms with Gasteiger partial charge in [0.05, 0.1) is 25.9 Å². The minimum Gasteiger partial charge on any atom is -0.457 e. The van der Waals surface area contributed by atoms with Crippen LogP contribution in [-0.2, 0) is 32.0 Å². The van der Waals surface area contributed by atoms with Crippen molar-refractivity contribution in [1.82, 2.24) is 4.90 Å². The molecule has 1 saturated heterocycles. The van der Waals surface area contributed by atoms with Crippen LogP contribution in [0.1, 0.15) is 59.4 Å². The third kappa shape index (κ3) is 8.24. The maximum atomic E-state index is 13.7. The van der Waals surface area contributed by atoms with Crippen molar-refractivity contribution in [2.75, 3.05) is 19.8 Å². The van der Waals surface area contributed by atoms with Gasteiger partial charge in [0, 0.05) is 18.6 Å². The number of benzene rings is 3. The topological polar surface area (TPSA) is 116 Å². The number of ether oxygens (including phenoxy) is 3. The van der Waals surface area contributed by atoms with Gasteiger partial charge in [-0.25, -0.2) is 9.69 Å². The van der Waals surface area contributed by atoms with Crippen LogP contribution >= 0.6 is 0 Å². The number of cyclic esters (lactones) is 1. The van der Waals surface area contributed by atoms with Crippen LogP contribution in [0.5, 0.6) is 0 Å². The molecule has 2 amide bonds. The van der Waals surface area contributed by atoms with E-state index >= 15 is 0 Å². The Morgan fingerprint density at radius 1 is 0.979 bits per heavy atom. The fourth-order valence-electron chi connectivity index (χ4n) is 5.66. The summed E-state index contributed by atoms with van der Waals surface area (Å²) < 4.78 is 23.3. The molecule has 1 aromatic heterocycles. The number of hydrogen-bond acceptors (Lipinski definition) is 8. The van der Waals surface area contributed by atoms with Gasteiger partial charge in [-0.2, -0.15) is 0 Å². The van der Waals surface area contributed by atoms with Crippen molar-refractivity contribution in [3.63, 3.8) is 0 Å². The van der Waals surface area contributed by atoms with Crippen LogP contribution in [0, 0.1) is 12.8 Å². The Morgan fingerprint density at radius 2 is 1.70 bits per heavy atom. The molecule has 9 heteroatoms. The largest absolute Gasteiger partial charge is 0.457 e. The number of furan rings is 1. The molecule has 0 saturated carbocycles. The summed E-state index contributed by atoms with van der Waals surface area (Å²) in [7, 11) is 0. The zero-order chi connectivity index (χ0) is 33.3. The first-order chi connectivity index (χ1) is 22.8. The minimum atomic E-state index is -1.17. The highest BCUT2D eigenvalue weighted by Gasteiger charge is 2.46. The van der Waals surface area contributed by atoms with E-state index in [4.69, 9.17) is 18.6 Å². The predicted molar refractivity (Wildman–Crippen MR) is 176 cm³/mol. The van der Waals surface area contributed by atoms with Gasteiger partial charge < -0.3 is 23.7 Å². The average molecular weight is 640 g/mol. The van der Waals surface area contributed by atoms with Crippen molar-refractivity contribution in [3.05, 3.63) is 119 Å². The highest BCUT2D eigenvalue weighted by Crippen LogP contribution is 2.35. The van der Waals surface area contributed by atoms with Crippen LogP contribution in [0.3, 0.4) is 0 Å². The summed E-state index contributed by atoms with van der Waals surface area (Å²) >= 11 is 0. The Labute approximate surface area is 275 Å². The summed E-state index contributed by atoms with van der Waals surface area (Å²) in [5.74, 6) is -1.68. The number of carbonyl (C=O) groups excluding carboxylic acids is 3. The van der Waals surface area contributed by atoms with E-state index in [1.165, 1.54) is 6.92 Å². The van der Waals surface area contributed by atoms with Crippen LogP contribution < -0.4 is 0 Å². The lowest BCUT2D eigenvalue weighted by Crippen LogP contribution is -2.43. The van der Waals surface area contributed by atoms with Crippen LogP contribution in [0.4, 0.5) is 4.79 Å². The minimum absolute atomic E-state index is 0.0488. The van der Waals surface area contributed by atoms with Gasteiger partial charge in [-0.1, -0.05) is 90.5 Å². The van der Waals surface area contributed by atoms with Gasteiger partial charge in [-0.3, -0.25) is 9.59 Å². The van der Waals surface area contributed by atoms with Crippen LogP contribution in [0.2, 0.25) is 0 Å². The standard InChI is InChI=1S/C38H41NO8/c1-25-12-10-17-30(20-25)32-21-34(46-33(32)18-11-19-44-24-31(22-40)45-23-28-13-6-4-7-14-28)35(41)26(2)37(42)39-27(3)36(47-38(39)43)29-15-8-5-9-16-29/h4-10,12-17,20-21,26-27,31,36,40H,11,18-19,22-24H2,1-3H3/t26-,27-,31-,36-/m1/s1. The molecule has 9 nitrogen and oxygen atoms in total. The molecular formula is C38H41NO8. The van der Waals surface area contributed by atoms with E-state index in [0.717, 1.165) is 32.7 Å². The number of hydrogen-bond donors (Lipinski definition) is 1. The van der Waals surface area contributed by atoms with Gasteiger partial charge in [0.25, 0.3) is 0 Å². The van der Waals surface area contributed by atoms with Crippen LogP contribution in [0.25, 0.3) is 11.1 Å². The molecule has 246 valence electrons. The molecule has 3 aromatic carbocycles. The smallest absolute Gasteiger partial charge is 0.417 e. The third-order valence-electron chi connectivity index (χ3n) is 8.31. The number of carbonyl (C=O) groups is 3. The molecule has 1 N–H and O–H groups in total. The summed E-state index contributed by atoms with van der Waals surface area (Å²) in [5, 5.41) is 9.72. The summed E-state index contributed by atoms with van der Waals surface area (Å²) in [4.78, 5) is 41.0. The quantitative estimate of drug-likeness (QED) is 0.0867. The maximum Gasteiger partial charge on any atom is 0.417 e. The molecule has 47 heavy (non-hydrogen) atoms. The van der Waals surface area contributed by atoms with Crippen molar-refractivity contribution in [2.45, 2.75) is 58.5 Å². The molecule has 1 aliphatic heterocycles. The molecule has 1 fully saturated rings. The Kier molecular flexibility index (Phi) is 11.4. The summed E-state index contributed by atoms with van der Waals surface area (Å²) in [6.07, 6.45) is -0.789. The van der Waals surface area contributed by atoms with Gasteiger partial charge >= 0.3 is 6.09 Å². The van der Waals surface area contributed by atoms with E-state index in [0.29, 0.717) is 31.8 Å². The second-order valence-electron chi connectivity index (χ2n) is 11.8. The number of ketones is 1. The number of nitrogens with zero attached hydrogens (tertiary/aromatic N) is 1. The summed E-state index contributed by atoms with van der Waals surface area (Å²) in [5.41, 5.74) is 4.49. The predicted octanol–water partition coefficient (Wildman–Crippen LogP) is 6.71. The first-order valence-electron chi connectivity index (χ1n) is 15.9. The molecule has 4 atom stereocenters. The molecule has 0 spiro atoms. The van der Waals surface area contributed by atoms with E-state index in [-0.39, 0.29) is 19.0 Å². The first kappa shape index (κ1) is 33.8. The van der Waals surface area contributed by atoms with Crippen molar-refractivity contribution in [2.24, 2.45) is 5.92 Å². The maximum absolute atomic E-state index is 13.7. The molecule has 0 bridgehead atoms. The lowest BCUT2D eigenvalue weighted by molar-refractivity contribution is -0.131. The Hall–Kier alpha value is -4.57. The molecule has 1 aliphatic rings. The Balaban J connectivity index is 1.23. The SMILES string of the molecule is Cc1cccc(-c2cc(C(=O)[C@@H](C)C(=O)N3C(=O)O[C@@H](c4ccccc4)[C@H]3C)oc2CCCOC[C@@H](CO)OCc2ccccc2)c1. The number of aryl methyl sites for hydroxylation is 2. The highest BCUT2D eigenvalue weighted by atomic mass is 16.6. The lowest BCUT2D eigenvalue weighted by Gasteiger charge is -2.21. The number of rotatable bonds is 15. The number of imide groups is 1. The average Bonchev–Trinajstić information content (AvgIpc) is 3.65. The number of aliphatic hydroxyl groups is 1. The molecule has 0 radical (unpaired) electrons. The van der Waals surface area contributed by atoms with Gasteiger partial charge in [-0.15, -0.1) is 0 Å². The zero-order valence-electron chi connectivity index (χ0n) is 27.0. The van der Waals surface area contributed by atoms with E-state index < -0.39 is 42.0 Å². The summed E-state index contributed by atoms with van der Waals surface area (Å²) in [6.45, 7) is 6.04. The fraction of sp³-hybridized carbons (Fsp3) is 0.342. The van der Waals surface area contributed by atoms with E-state index in [9.17, 15) is 19.5 Å². The first-order valence-corrected chi connectivity index (χ1v) is 15.9. The van der Waals surface area contributed by atoms with Crippen LogP contribution in [0.15, 0.2) is 95.4 Å². The molecule has 5 rings (SSSR count). The fourth-order valence-corrected chi connectivity index (χ4v) is 5.66. The zero-order valence-corrected chi connectivity index (χ0v) is 27.0. The van der Waals surface area contributed by atoms with E-state index in [1.807, 2.05) is 91.9 Å². The van der Waals surface area contributed by atoms with Gasteiger partial charge in [-0.05, 0) is 49.9 Å². The molecule has 2 heterocycles. The van der Waals surface area contributed by atoms with Crippen molar-refractivity contribution in [3.8, 4) is 11.1 Å². The van der Waals surface area contributed by atoms with Crippen LogP contribution in [-0.4, -0.2) is 59.8 Å². The molecule has 0 unspecified atom stereocenters. The van der Waals surface area contributed by atoms with Gasteiger partial charge in [0.1, 0.15) is 23.9 Å². The number of aliphatic hydroxyl groups excluding tert-OH is 1. The normalized spacial score (nSPS) is 17.4. The monoisotopic (exact) mass is 639 g/mol. The third-order valence-corrected chi connectivity index (χ3v) is 8.31. The Bertz CT molecular complexity index is 1650. The second-order valence-corrected chi connectivity index (χ2v) is 11.8. The number of Topliss-reactive ketones (excluding diaryl/α,β-unsaturated/α-hetero) is 1. The van der Waals surface area contributed by atoms with Crippen molar-refractivity contribution < 1.29 is 38.1 Å². The number of amides is 2. The Morgan fingerprint density at radius 3 is 2.40 bits per heavy atom. The summed E-state index contributed by atoms with van der Waals surface area (Å²) in [6, 6.07) is 27.9. The highest BCUT2D eigenvalue weighted by molar-refractivity contribution is 6.12. The van der Waals surface area contributed by atoms with Gasteiger partial charge in [0.15, 0.2) is 5.76 Å². The van der Waals surface area contributed by atoms with Gasteiger partial charge in [0.2, 0.25) is 11.7 Å². The molecular weight excluding hydrogens is 598 g/mol. The van der Waals surface area contributed by atoms with E-state index in [1.54, 1.807) is 13.0 Å².